The smallest absolute Gasteiger partial charge is 0.411 e. The van der Waals surface area contributed by atoms with E-state index in [0.29, 0.717) is 11.3 Å². The average molecular weight is 337 g/mol. The highest BCUT2D eigenvalue weighted by Crippen LogP contribution is 2.26. The molecule has 0 aliphatic carbocycles. The van der Waals surface area contributed by atoms with E-state index in [1.165, 1.54) is 12.1 Å². The van der Waals surface area contributed by atoms with Crippen molar-refractivity contribution in [3.8, 4) is 16.9 Å². The number of aromatic hydroxyl groups is 1. The largest absolute Gasteiger partial charge is 0.505 e. The Morgan fingerprint density at radius 2 is 1.64 bits per heavy atom. The van der Waals surface area contributed by atoms with Gasteiger partial charge in [0.2, 0.25) is 0 Å². The summed E-state index contributed by atoms with van der Waals surface area (Å²) in [6.07, 6.45) is -0.549. The Kier molecular flexibility index (Phi) is 4.95. The fourth-order valence-electron chi connectivity index (χ4n) is 2.31. The van der Waals surface area contributed by atoms with Crippen LogP contribution in [0.3, 0.4) is 0 Å². The summed E-state index contributed by atoms with van der Waals surface area (Å²) in [6.45, 7) is 0.192. The van der Waals surface area contributed by atoms with Crippen LogP contribution in [-0.4, -0.2) is 11.2 Å². The molecular formula is C20H16FNO3. The van der Waals surface area contributed by atoms with Gasteiger partial charge in [0, 0.05) is 5.69 Å². The summed E-state index contributed by atoms with van der Waals surface area (Å²) in [5, 5.41) is 11.9. The lowest BCUT2D eigenvalue weighted by atomic mass is 10.1. The van der Waals surface area contributed by atoms with Crippen LogP contribution in [0.1, 0.15) is 5.56 Å². The van der Waals surface area contributed by atoms with E-state index in [0.717, 1.165) is 11.1 Å². The van der Waals surface area contributed by atoms with Gasteiger partial charge in [-0.1, -0.05) is 48.5 Å². The SMILES string of the molecule is O=C(Nc1ccc(-c2ccc(O)c(F)c2)cc1)OCc1ccccc1. The van der Waals surface area contributed by atoms with Crippen molar-refractivity contribution in [3.63, 3.8) is 0 Å². The number of hydrogen-bond donors (Lipinski definition) is 2. The second-order valence-electron chi connectivity index (χ2n) is 5.43. The summed E-state index contributed by atoms with van der Waals surface area (Å²) >= 11 is 0. The highest BCUT2D eigenvalue weighted by molar-refractivity contribution is 5.85. The first kappa shape index (κ1) is 16.5. The summed E-state index contributed by atoms with van der Waals surface area (Å²) < 4.78 is 18.6. The summed E-state index contributed by atoms with van der Waals surface area (Å²) in [5.41, 5.74) is 2.87. The number of rotatable bonds is 4. The van der Waals surface area contributed by atoms with Crippen LogP contribution in [0.4, 0.5) is 14.9 Å². The van der Waals surface area contributed by atoms with Crippen molar-refractivity contribution in [2.75, 3.05) is 5.32 Å². The number of halogens is 1. The Balaban J connectivity index is 1.60. The minimum Gasteiger partial charge on any atom is -0.505 e. The number of nitrogens with one attached hydrogen (secondary N) is 1. The first-order chi connectivity index (χ1) is 12.1. The molecule has 0 unspecified atom stereocenters. The molecule has 0 spiro atoms. The maximum Gasteiger partial charge on any atom is 0.411 e. The normalized spacial score (nSPS) is 10.3. The molecular weight excluding hydrogens is 321 g/mol. The number of carbonyl (C=O) groups is 1. The topological polar surface area (TPSA) is 58.6 Å². The number of benzene rings is 3. The molecule has 126 valence electrons. The van der Waals surface area contributed by atoms with Crippen LogP contribution in [0.2, 0.25) is 0 Å². The highest BCUT2D eigenvalue weighted by Gasteiger charge is 2.06. The van der Waals surface area contributed by atoms with Crippen molar-refractivity contribution in [3.05, 3.63) is 84.2 Å². The monoisotopic (exact) mass is 337 g/mol. The van der Waals surface area contributed by atoms with E-state index in [1.807, 2.05) is 30.3 Å². The lowest BCUT2D eigenvalue weighted by molar-refractivity contribution is 0.155. The zero-order valence-electron chi connectivity index (χ0n) is 13.3. The molecule has 0 aliphatic rings. The Morgan fingerprint density at radius 3 is 2.32 bits per heavy atom. The van der Waals surface area contributed by atoms with Crippen LogP contribution in [0.5, 0.6) is 5.75 Å². The first-order valence-corrected chi connectivity index (χ1v) is 7.68. The molecule has 3 aromatic carbocycles. The maximum atomic E-state index is 13.4. The first-order valence-electron chi connectivity index (χ1n) is 7.68. The van der Waals surface area contributed by atoms with Crippen LogP contribution in [-0.2, 0) is 11.3 Å². The summed E-state index contributed by atoms with van der Waals surface area (Å²) in [6, 6.07) is 20.5. The van der Waals surface area contributed by atoms with E-state index >= 15 is 0 Å². The quantitative estimate of drug-likeness (QED) is 0.708. The maximum absolute atomic E-state index is 13.4. The van der Waals surface area contributed by atoms with Gasteiger partial charge >= 0.3 is 6.09 Å². The van der Waals surface area contributed by atoms with Crippen molar-refractivity contribution >= 4 is 11.8 Å². The lowest BCUT2D eigenvalue weighted by Gasteiger charge is -2.08. The van der Waals surface area contributed by atoms with Crippen molar-refractivity contribution in [2.45, 2.75) is 6.61 Å². The zero-order valence-corrected chi connectivity index (χ0v) is 13.3. The standard InChI is InChI=1S/C20H16FNO3/c21-18-12-16(8-11-19(18)23)15-6-9-17(10-7-15)22-20(24)25-13-14-4-2-1-3-5-14/h1-12,23H,13H2,(H,22,24). The third-order valence-corrected chi connectivity index (χ3v) is 3.63. The van der Waals surface area contributed by atoms with Gasteiger partial charge in [-0.05, 0) is 41.0 Å². The Hall–Kier alpha value is -3.34. The third kappa shape index (κ3) is 4.35. The predicted octanol–water partition coefficient (Wildman–Crippen LogP) is 4.95. The number of amides is 1. The molecule has 0 atom stereocenters. The molecule has 1 amide bonds. The van der Waals surface area contributed by atoms with Crippen LogP contribution in [0, 0.1) is 5.82 Å². The molecule has 5 heteroatoms. The van der Waals surface area contributed by atoms with E-state index < -0.39 is 11.9 Å². The van der Waals surface area contributed by atoms with Crippen LogP contribution >= 0.6 is 0 Å². The van der Waals surface area contributed by atoms with Gasteiger partial charge in [0.15, 0.2) is 11.6 Å². The van der Waals surface area contributed by atoms with Crippen LogP contribution in [0.25, 0.3) is 11.1 Å². The van der Waals surface area contributed by atoms with Gasteiger partial charge in [-0.25, -0.2) is 9.18 Å². The van der Waals surface area contributed by atoms with E-state index in [9.17, 15) is 14.3 Å². The summed E-state index contributed by atoms with van der Waals surface area (Å²) in [4.78, 5) is 11.8. The average Bonchev–Trinajstić information content (AvgIpc) is 2.64. The van der Waals surface area contributed by atoms with Crippen LogP contribution < -0.4 is 5.32 Å². The fourth-order valence-corrected chi connectivity index (χ4v) is 2.31. The second kappa shape index (κ2) is 7.49. The third-order valence-electron chi connectivity index (χ3n) is 3.63. The molecule has 0 aromatic heterocycles. The highest BCUT2D eigenvalue weighted by atomic mass is 19.1. The molecule has 0 heterocycles. The molecule has 0 bridgehead atoms. The van der Waals surface area contributed by atoms with Crippen molar-refractivity contribution < 1.29 is 19.0 Å². The second-order valence-corrected chi connectivity index (χ2v) is 5.43. The van der Waals surface area contributed by atoms with E-state index in [1.54, 1.807) is 30.3 Å². The van der Waals surface area contributed by atoms with Gasteiger partial charge in [0.05, 0.1) is 0 Å². The zero-order chi connectivity index (χ0) is 17.6. The van der Waals surface area contributed by atoms with Gasteiger partial charge in [-0.15, -0.1) is 0 Å². The minimum absolute atomic E-state index is 0.192. The molecule has 0 saturated carbocycles. The van der Waals surface area contributed by atoms with Gasteiger partial charge < -0.3 is 9.84 Å². The Labute approximate surface area is 144 Å². The van der Waals surface area contributed by atoms with Gasteiger partial charge in [-0.2, -0.15) is 0 Å². The molecule has 25 heavy (non-hydrogen) atoms. The molecule has 4 nitrogen and oxygen atoms in total. The molecule has 0 aliphatic heterocycles. The summed E-state index contributed by atoms with van der Waals surface area (Å²) in [5.74, 6) is -1.06. The number of hydrogen-bond acceptors (Lipinski definition) is 3. The molecule has 3 aromatic rings. The number of phenolic OH excluding ortho intramolecular Hbond substituents is 1. The molecule has 0 radical (unpaired) electrons. The van der Waals surface area contributed by atoms with Crippen molar-refractivity contribution in [1.29, 1.82) is 0 Å². The number of ether oxygens (including phenoxy) is 1. The molecule has 2 N–H and O–H groups in total. The lowest BCUT2D eigenvalue weighted by Crippen LogP contribution is -2.13. The molecule has 0 fully saturated rings. The predicted molar refractivity (Wildman–Crippen MR) is 93.8 cm³/mol. The number of phenols is 1. The van der Waals surface area contributed by atoms with Gasteiger partial charge in [-0.3, -0.25) is 5.32 Å². The Morgan fingerprint density at radius 1 is 0.960 bits per heavy atom. The van der Waals surface area contributed by atoms with E-state index in [-0.39, 0.29) is 12.4 Å². The van der Waals surface area contributed by atoms with E-state index in [4.69, 9.17) is 4.74 Å². The van der Waals surface area contributed by atoms with Gasteiger partial charge in [0.1, 0.15) is 6.61 Å². The number of anilines is 1. The molecule has 0 saturated heterocycles. The van der Waals surface area contributed by atoms with Gasteiger partial charge in [0.25, 0.3) is 0 Å². The number of carbonyl (C=O) groups excluding carboxylic acids is 1. The van der Waals surface area contributed by atoms with Crippen molar-refractivity contribution in [1.82, 2.24) is 0 Å². The van der Waals surface area contributed by atoms with Crippen molar-refractivity contribution in [2.24, 2.45) is 0 Å². The molecule has 3 rings (SSSR count). The summed E-state index contributed by atoms with van der Waals surface area (Å²) in [7, 11) is 0. The van der Waals surface area contributed by atoms with Crippen LogP contribution in [0.15, 0.2) is 72.8 Å². The van der Waals surface area contributed by atoms with E-state index in [2.05, 4.69) is 5.32 Å². The fraction of sp³-hybridized carbons (Fsp3) is 0.0500. The minimum atomic E-state index is -0.677. The Bertz CT molecular complexity index is 864.